The number of alkyl halides is 4. The van der Waals surface area contributed by atoms with E-state index in [4.69, 9.17) is 0 Å². The van der Waals surface area contributed by atoms with Crippen molar-refractivity contribution in [3.05, 3.63) is 35.4 Å². The van der Waals surface area contributed by atoms with Gasteiger partial charge in [0, 0.05) is 4.83 Å². The molecule has 4 heteroatoms. The lowest BCUT2D eigenvalue weighted by molar-refractivity contribution is -0.137. The van der Waals surface area contributed by atoms with Crippen LogP contribution in [0.3, 0.4) is 0 Å². The Morgan fingerprint density at radius 3 is 1.76 bits per heavy atom. The summed E-state index contributed by atoms with van der Waals surface area (Å²) in [5, 5.41) is 0. The van der Waals surface area contributed by atoms with Gasteiger partial charge in [0.25, 0.3) is 0 Å². The second-order valence-electron chi connectivity index (χ2n) is 4.57. The predicted octanol–water partition coefficient (Wildman–Crippen LogP) is 5.23. The maximum atomic E-state index is 12.4. The van der Waals surface area contributed by atoms with Gasteiger partial charge in [-0.25, -0.2) is 0 Å². The first-order valence-electron chi connectivity index (χ1n) is 5.54. The second kappa shape index (κ2) is 5.42. The lowest BCUT2D eigenvalue weighted by Crippen LogP contribution is -2.15. The number of hydrogen-bond acceptors (Lipinski definition) is 0. The zero-order valence-corrected chi connectivity index (χ0v) is 11.6. The SMILES string of the molecule is CC(C)C(c1ccc(C(F)(F)F)cc1)C(C)Br. The number of halogens is 4. The predicted molar refractivity (Wildman–Crippen MR) is 67.4 cm³/mol. The average molecular weight is 309 g/mol. The second-order valence-corrected chi connectivity index (χ2v) is 6.01. The molecule has 0 nitrogen and oxygen atoms in total. The molecule has 1 rings (SSSR count). The fourth-order valence-corrected chi connectivity index (χ4v) is 2.99. The molecule has 0 saturated carbocycles. The molecular weight excluding hydrogens is 293 g/mol. The lowest BCUT2D eigenvalue weighted by Gasteiger charge is -2.24. The Hall–Kier alpha value is -0.510. The molecule has 0 amide bonds. The quantitative estimate of drug-likeness (QED) is 0.671. The summed E-state index contributed by atoms with van der Waals surface area (Å²) in [6.07, 6.45) is -4.26. The summed E-state index contributed by atoms with van der Waals surface area (Å²) in [7, 11) is 0. The molecule has 0 aliphatic heterocycles. The molecule has 96 valence electrons. The minimum atomic E-state index is -4.26. The van der Waals surface area contributed by atoms with Crippen molar-refractivity contribution >= 4 is 15.9 Å². The molecule has 2 unspecified atom stereocenters. The summed E-state index contributed by atoms with van der Waals surface area (Å²) in [5.74, 6) is 0.596. The Morgan fingerprint density at radius 2 is 1.47 bits per heavy atom. The third kappa shape index (κ3) is 3.73. The van der Waals surface area contributed by atoms with Gasteiger partial charge in [-0.1, -0.05) is 48.8 Å². The van der Waals surface area contributed by atoms with Crippen molar-refractivity contribution in [1.82, 2.24) is 0 Å². The van der Waals surface area contributed by atoms with E-state index < -0.39 is 11.7 Å². The topological polar surface area (TPSA) is 0 Å². The maximum absolute atomic E-state index is 12.4. The summed E-state index contributed by atoms with van der Waals surface area (Å²) in [6.45, 7) is 6.16. The van der Waals surface area contributed by atoms with Gasteiger partial charge in [0.15, 0.2) is 0 Å². The molecule has 0 aromatic heterocycles. The highest BCUT2D eigenvalue weighted by Crippen LogP contribution is 2.34. The molecule has 2 atom stereocenters. The van der Waals surface area contributed by atoms with Crippen LogP contribution in [0.5, 0.6) is 0 Å². The minimum Gasteiger partial charge on any atom is -0.166 e. The van der Waals surface area contributed by atoms with Crippen LogP contribution in [0.25, 0.3) is 0 Å². The van der Waals surface area contributed by atoms with E-state index in [9.17, 15) is 13.2 Å². The molecule has 0 spiro atoms. The number of rotatable bonds is 3. The summed E-state index contributed by atoms with van der Waals surface area (Å²) in [5.41, 5.74) is 0.350. The van der Waals surface area contributed by atoms with Gasteiger partial charge in [0.05, 0.1) is 5.56 Å². The normalized spacial score (nSPS) is 16.0. The van der Waals surface area contributed by atoms with Crippen LogP contribution in [-0.4, -0.2) is 4.83 Å². The third-order valence-corrected chi connectivity index (χ3v) is 3.41. The molecule has 1 aromatic carbocycles. The van der Waals surface area contributed by atoms with E-state index in [1.54, 1.807) is 12.1 Å². The number of benzene rings is 1. The van der Waals surface area contributed by atoms with E-state index in [1.165, 1.54) is 0 Å². The van der Waals surface area contributed by atoms with Crippen LogP contribution in [0.15, 0.2) is 24.3 Å². The molecule has 0 saturated heterocycles. The highest BCUT2D eigenvalue weighted by atomic mass is 79.9. The zero-order valence-electron chi connectivity index (χ0n) is 10.1. The maximum Gasteiger partial charge on any atom is 0.416 e. The Morgan fingerprint density at radius 1 is 1.00 bits per heavy atom. The van der Waals surface area contributed by atoms with E-state index in [0.717, 1.165) is 17.7 Å². The smallest absolute Gasteiger partial charge is 0.166 e. The Kier molecular flexibility index (Phi) is 4.64. The van der Waals surface area contributed by atoms with Crippen LogP contribution < -0.4 is 0 Å². The monoisotopic (exact) mass is 308 g/mol. The van der Waals surface area contributed by atoms with Crippen LogP contribution in [0.4, 0.5) is 13.2 Å². The number of hydrogen-bond donors (Lipinski definition) is 0. The van der Waals surface area contributed by atoms with E-state index >= 15 is 0 Å². The standard InChI is InChI=1S/C13H16BrF3/c1-8(2)12(9(3)14)10-4-6-11(7-5-10)13(15,16)17/h4-9,12H,1-3H3. The van der Waals surface area contributed by atoms with E-state index in [2.05, 4.69) is 29.8 Å². The molecule has 0 bridgehead atoms. The first-order chi connectivity index (χ1) is 7.73. The molecule has 0 fully saturated rings. The van der Waals surface area contributed by atoms with Crippen LogP contribution in [0.1, 0.15) is 37.8 Å². The summed E-state index contributed by atoms with van der Waals surface area (Å²) >= 11 is 3.51. The fraction of sp³-hybridized carbons (Fsp3) is 0.538. The largest absolute Gasteiger partial charge is 0.416 e. The van der Waals surface area contributed by atoms with Gasteiger partial charge >= 0.3 is 6.18 Å². The van der Waals surface area contributed by atoms with Crippen molar-refractivity contribution in [2.45, 2.75) is 37.7 Å². The summed E-state index contributed by atoms with van der Waals surface area (Å²) < 4.78 is 37.3. The van der Waals surface area contributed by atoms with Crippen molar-refractivity contribution in [1.29, 1.82) is 0 Å². The summed E-state index contributed by atoms with van der Waals surface area (Å²) in [4.78, 5) is 0.235. The van der Waals surface area contributed by atoms with Gasteiger partial charge in [0.2, 0.25) is 0 Å². The molecule has 0 aliphatic carbocycles. The van der Waals surface area contributed by atoms with Crippen LogP contribution in [0, 0.1) is 5.92 Å². The van der Waals surface area contributed by atoms with Gasteiger partial charge in [0.1, 0.15) is 0 Å². The van der Waals surface area contributed by atoms with Crippen molar-refractivity contribution in [3.63, 3.8) is 0 Å². The average Bonchev–Trinajstić information content (AvgIpc) is 2.15. The fourth-order valence-electron chi connectivity index (χ4n) is 2.07. The minimum absolute atomic E-state index is 0.220. The van der Waals surface area contributed by atoms with Gasteiger partial charge < -0.3 is 0 Å². The van der Waals surface area contributed by atoms with Gasteiger partial charge in [-0.15, -0.1) is 0 Å². The first-order valence-corrected chi connectivity index (χ1v) is 6.46. The summed E-state index contributed by atoms with van der Waals surface area (Å²) in [6, 6.07) is 5.46. The van der Waals surface area contributed by atoms with E-state index in [-0.39, 0.29) is 10.7 Å². The Labute approximate surface area is 108 Å². The van der Waals surface area contributed by atoms with Crippen molar-refractivity contribution < 1.29 is 13.2 Å². The van der Waals surface area contributed by atoms with Crippen molar-refractivity contribution in [2.24, 2.45) is 5.92 Å². The molecule has 0 heterocycles. The Balaban J connectivity index is 3.01. The lowest BCUT2D eigenvalue weighted by atomic mass is 9.86. The highest BCUT2D eigenvalue weighted by Gasteiger charge is 2.30. The van der Waals surface area contributed by atoms with Gasteiger partial charge in [-0.3, -0.25) is 0 Å². The zero-order chi connectivity index (χ0) is 13.2. The Bertz CT molecular complexity index is 344. The van der Waals surface area contributed by atoms with E-state index in [0.29, 0.717) is 5.92 Å². The van der Waals surface area contributed by atoms with E-state index in [1.807, 2.05) is 6.92 Å². The molecule has 1 aromatic rings. The molecule has 0 aliphatic rings. The van der Waals surface area contributed by atoms with Crippen molar-refractivity contribution in [3.8, 4) is 0 Å². The molecular formula is C13H16BrF3. The molecule has 17 heavy (non-hydrogen) atoms. The van der Waals surface area contributed by atoms with Gasteiger partial charge in [-0.05, 0) is 29.5 Å². The molecule has 0 radical (unpaired) electrons. The van der Waals surface area contributed by atoms with Crippen LogP contribution >= 0.6 is 15.9 Å². The first kappa shape index (κ1) is 14.6. The molecule has 0 N–H and O–H groups in total. The third-order valence-electron chi connectivity index (χ3n) is 2.84. The van der Waals surface area contributed by atoms with Crippen molar-refractivity contribution in [2.75, 3.05) is 0 Å². The van der Waals surface area contributed by atoms with Crippen LogP contribution in [-0.2, 0) is 6.18 Å². The van der Waals surface area contributed by atoms with Gasteiger partial charge in [-0.2, -0.15) is 13.2 Å². The highest BCUT2D eigenvalue weighted by molar-refractivity contribution is 9.09. The van der Waals surface area contributed by atoms with Crippen LogP contribution in [0.2, 0.25) is 0 Å².